The van der Waals surface area contributed by atoms with Gasteiger partial charge in [0.25, 0.3) is 0 Å². The van der Waals surface area contributed by atoms with Gasteiger partial charge in [-0.2, -0.15) is 0 Å². The first-order valence-corrected chi connectivity index (χ1v) is 11.8. The Hall–Kier alpha value is -1.56. The lowest BCUT2D eigenvalue weighted by Gasteiger charge is -1.69. The maximum absolute atomic E-state index is 2.12. The van der Waals surface area contributed by atoms with Gasteiger partial charge in [-0.25, -0.2) is 0 Å². The summed E-state index contributed by atoms with van der Waals surface area (Å²) in [6.07, 6.45) is 2.50. The third-order valence-electron chi connectivity index (χ3n) is 1.33. The van der Waals surface area contributed by atoms with Crippen LogP contribution in [0.5, 0.6) is 0 Å². The Labute approximate surface area is 182 Å². The molecule has 0 heterocycles. The summed E-state index contributed by atoms with van der Waals surface area (Å²) in [6, 6.07) is 24.0. The highest BCUT2D eigenvalue weighted by atomic mass is 13.7. The lowest BCUT2D eigenvalue weighted by molar-refractivity contribution is 1.09. The molecule has 28 heavy (non-hydrogen) atoms. The van der Waals surface area contributed by atoms with Crippen molar-refractivity contribution in [1.82, 2.24) is 0 Å². The van der Waals surface area contributed by atoms with E-state index in [0.29, 0.717) is 0 Å². The van der Waals surface area contributed by atoms with Gasteiger partial charge >= 0.3 is 0 Å². The van der Waals surface area contributed by atoms with E-state index in [1.165, 1.54) is 12.8 Å². The van der Waals surface area contributed by atoms with Crippen LogP contribution in [0.25, 0.3) is 0 Å². The van der Waals surface area contributed by atoms with E-state index in [4.69, 9.17) is 0 Å². The van der Waals surface area contributed by atoms with Crippen LogP contribution in [0.4, 0.5) is 0 Å². The Kier molecular flexibility index (Phi) is 159. The molecule has 0 amide bonds. The quantitative estimate of drug-likeness (QED) is 0.416. The molecule has 0 fully saturated rings. The highest BCUT2D eigenvalue weighted by Crippen LogP contribution is 1.80. The van der Waals surface area contributed by atoms with Crippen molar-refractivity contribution in [2.45, 2.75) is 110 Å². The zero-order valence-electron chi connectivity index (χ0n) is 22.3. The Morgan fingerprint density at radius 1 is 0.250 bits per heavy atom. The molecule has 0 saturated heterocycles. The molecule has 0 nitrogen and oxygen atoms in total. The van der Waals surface area contributed by atoms with Crippen LogP contribution in [-0.4, -0.2) is 0 Å². The van der Waals surface area contributed by atoms with Crippen molar-refractivity contribution in [2.24, 2.45) is 0 Å². The van der Waals surface area contributed by atoms with Crippen LogP contribution >= 0.6 is 0 Å². The highest BCUT2D eigenvalue weighted by Gasteiger charge is 1.58. The van der Waals surface area contributed by atoms with Gasteiger partial charge in [0.2, 0.25) is 0 Å². The molecule has 0 aliphatic rings. The molecule has 2 aromatic carbocycles. The minimum Gasteiger partial charge on any atom is -0.0683 e. The lowest BCUT2D eigenvalue weighted by Crippen LogP contribution is -1.47. The first-order chi connectivity index (χ1) is 13.8. The summed E-state index contributed by atoms with van der Waals surface area (Å²) >= 11 is 0. The second-order valence-electron chi connectivity index (χ2n) is 3.72. The third kappa shape index (κ3) is 123. The SMILES string of the molecule is CC.CC.CC.CC.CC.CCC.CCC.c1ccccc1.c1ccccc1. The Bertz CT molecular complexity index is 199. The van der Waals surface area contributed by atoms with Crippen LogP contribution in [0.15, 0.2) is 72.8 Å². The summed E-state index contributed by atoms with van der Waals surface area (Å²) in [5, 5.41) is 0. The molecular weight excluding hydrogens is 336 g/mol. The summed E-state index contributed by atoms with van der Waals surface area (Å²) in [5.74, 6) is 0. The van der Waals surface area contributed by atoms with Gasteiger partial charge < -0.3 is 0 Å². The van der Waals surface area contributed by atoms with E-state index in [1.54, 1.807) is 0 Å². The average Bonchev–Trinajstić information content (AvgIpc) is 2.84. The standard InChI is InChI=1S/2C6H6.2C3H8.5C2H6/c2*1-2-4-6-5-3-1;2*1-3-2;5*1-2/h2*1-6H;2*3H2,1-2H3;5*1-2H3. The fraction of sp³-hybridized carbons (Fsp3) is 0.571. The summed E-state index contributed by atoms with van der Waals surface area (Å²) in [5.41, 5.74) is 0. The van der Waals surface area contributed by atoms with E-state index in [0.717, 1.165) is 0 Å². The molecular formula is C28H58. The van der Waals surface area contributed by atoms with E-state index in [-0.39, 0.29) is 0 Å². The van der Waals surface area contributed by atoms with Gasteiger partial charge in [0.1, 0.15) is 0 Å². The Morgan fingerprint density at radius 2 is 0.286 bits per heavy atom. The van der Waals surface area contributed by atoms with Crippen molar-refractivity contribution in [1.29, 1.82) is 0 Å². The van der Waals surface area contributed by atoms with Gasteiger partial charge in [0, 0.05) is 0 Å². The molecule has 170 valence electrons. The van der Waals surface area contributed by atoms with Gasteiger partial charge in [-0.1, -0.05) is 183 Å². The van der Waals surface area contributed by atoms with E-state index in [1.807, 2.05) is 142 Å². The maximum Gasteiger partial charge on any atom is -0.0590 e. The van der Waals surface area contributed by atoms with E-state index in [2.05, 4.69) is 27.7 Å². The third-order valence-corrected chi connectivity index (χ3v) is 1.33. The molecule has 2 aromatic rings. The van der Waals surface area contributed by atoms with Crippen LogP contribution in [0.2, 0.25) is 0 Å². The zero-order chi connectivity index (χ0) is 23.9. The van der Waals surface area contributed by atoms with Gasteiger partial charge in [0.15, 0.2) is 0 Å². The lowest BCUT2D eigenvalue weighted by atomic mass is 10.4. The fourth-order valence-electron chi connectivity index (χ4n) is 0.770. The second-order valence-corrected chi connectivity index (χ2v) is 3.72. The van der Waals surface area contributed by atoms with Crippen LogP contribution in [0, 0.1) is 0 Å². The molecule has 0 N–H and O–H groups in total. The summed E-state index contributed by atoms with van der Waals surface area (Å²) in [7, 11) is 0. The predicted octanol–water partition coefficient (Wildman–Crippen LogP) is 11.3. The van der Waals surface area contributed by atoms with Gasteiger partial charge in [-0.05, 0) is 0 Å². The fourth-order valence-corrected chi connectivity index (χ4v) is 0.770. The van der Waals surface area contributed by atoms with Crippen molar-refractivity contribution in [3.63, 3.8) is 0 Å². The van der Waals surface area contributed by atoms with E-state index in [9.17, 15) is 0 Å². The predicted molar refractivity (Wildman–Crippen MR) is 142 cm³/mol. The molecule has 0 saturated carbocycles. The van der Waals surface area contributed by atoms with Crippen LogP contribution in [-0.2, 0) is 0 Å². The highest BCUT2D eigenvalue weighted by molar-refractivity contribution is 4.99. The number of benzene rings is 2. The maximum atomic E-state index is 2.12. The van der Waals surface area contributed by atoms with Gasteiger partial charge in [-0.15, -0.1) is 0 Å². The van der Waals surface area contributed by atoms with Crippen LogP contribution < -0.4 is 0 Å². The Morgan fingerprint density at radius 3 is 0.321 bits per heavy atom. The number of hydrogen-bond acceptors (Lipinski definition) is 0. The number of rotatable bonds is 0. The van der Waals surface area contributed by atoms with Crippen LogP contribution in [0.3, 0.4) is 0 Å². The van der Waals surface area contributed by atoms with Gasteiger partial charge in [-0.3, -0.25) is 0 Å². The second kappa shape index (κ2) is 98.2. The smallest absolute Gasteiger partial charge is 0.0590 e. The first kappa shape index (κ1) is 45.3. The summed E-state index contributed by atoms with van der Waals surface area (Å²) in [6.45, 7) is 28.5. The van der Waals surface area contributed by atoms with Crippen molar-refractivity contribution in [3.8, 4) is 0 Å². The topological polar surface area (TPSA) is 0 Å². The first-order valence-electron chi connectivity index (χ1n) is 11.8. The van der Waals surface area contributed by atoms with Crippen molar-refractivity contribution >= 4 is 0 Å². The molecule has 0 spiro atoms. The minimum atomic E-state index is 1.25. The average molecular weight is 395 g/mol. The normalized spacial score (nSPS) is 5.79. The molecule has 0 aliphatic carbocycles. The number of hydrogen-bond donors (Lipinski definition) is 0. The molecule has 0 heteroatoms. The van der Waals surface area contributed by atoms with Gasteiger partial charge in [0.05, 0.1) is 0 Å². The van der Waals surface area contributed by atoms with Crippen LogP contribution in [0.1, 0.15) is 110 Å². The largest absolute Gasteiger partial charge is 0.0683 e. The molecule has 0 radical (unpaired) electrons. The molecule has 0 aromatic heterocycles. The zero-order valence-corrected chi connectivity index (χ0v) is 22.3. The Balaban J connectivity index is -0.0000000377. The van der Waals surface area contributed by atoms with Crippen molar-refractivity contribution in [3.05, 3.63) is 72.8 Å². The molecule has 0 unspecified atom stereocenters. The van der Waals surface area contributed by atoms with Crippen molar-refractivity contribution < 1.29 is 0 Å². The summed E-state index contributed by atoms with van der Waals surface area (Å²) in [4.78, 5) is 0. The molecule has 0 aliphatic heterocycles. The minimum absolute atomic E-state index is 1.25. The molecule has 2 rings (SSSR count). The molecule has 0 atom stereocenters. The van der Waals surface area contributed by atoms with Crippen molar-refractivity contribution in [2.75, 3.05) is 0 Å². The van der Waals surface area contributed by atoms with E-state index >= 15 is 0 Å². The van der Waals surface area contributed by atoms with E-state index < -0.39 is 0 Å². The molecule has 0 bridgehead atoms. The summed E-state index contributed by atoms with van der Waals surface area (Å²) < 4.78 is 0. The monoisotopic (exact) mass is 394 g/mol.